The fraction of sp³-hybridized carbons (Fsp3) is 0.333. The number of carbonyl (C=O) groups excluding carboxylic acids is 2. The molecule has 3 aromatic carbocycles. The van der Waals surface area contributed by atoms with E-state index in [4.69, 9.17) is 5.73 Å². The number of carbonyl (C=O) groups is 2. The van der Waals surface area contributed by atoms with Crippen molar-refractivity contribution in [3.05, 3.63) is 71.8 Å². The van der Waals surface area contributed by atoms with Gasteiger partial charge in [0.1, 0.15) is 0 Å². The van der Waals surface area contributed by atoms with Crippen LogP contribution in [0.25, 0.3) is 10.8 Å². The number of rotatable bonds is 7. The number of sulfonamides is 1. The Balaban J connectivity index is 1.61. The first-order chi connectivity index (χ1) is 17.2. The predicted molar refractivity (Wildman–Crippen MR) is 141 cm³/mol. The van der Waals surface area contributed by atoms with Gasteiger partial charge in [-0.1, -0.05) is 55.8 Å². The Kier molecular flexibility index (Phi) is 7.73. The van der Waals surface area contributed by atoms with Gasteiger partial charge in [0.15, 0.2) is 0 Å². The zero-order valence-corrected chi connectivity index (χ0v) is 21.3. The van der Waals surface area contributed by atoms with Gasteiger partial charge in [-0.25, -0.2) is 13.1 Å². The maximum atomic E-state index is 13.5. The average molecular weight is 509 g/mol. The Labute approximate surface area is 211 Å². The Morgan fingerprint density at radius 1 is 1.03 bits per heavy atom. The van der Waals surface area contributed by atoms with Gasteiger partial charge < -0.3 is 16.0 Å². The fourth-order valence-electron chi connectivity index (χ4n) is 4.85. The van der Waals surface area contributed by atoms with Crippen molar-refractivity contribution in [3.8, 4) is 0 Å². The van der Waals surface area contributed by atoms with Crippen LogP contribution >= 0.6 is 0 Å². The van der Waals surface area contributed by atoms with Crippen LogP contribution in [0, 0.1) is 12.8 Å². The van der Waals surface area contributed by atoms with Gasteiger partial charge in [-0.05, 0) is 43.0 Å². The van der Waals surface area contributed by atoms with E-state index in [-0.39, 0.29) is 35.2 Å². The molecule has 2 atom stereocenters. The van der Waals surface area contributed by atoms with Crippen LogP contribution < -0.4 is 15.8 Å². The van der Waals surface area contributed by atoms with Crippen molar-refractivity contribution in [2.24, 2.45) is 11.7 Å². The second-order valence-corrected chi connectivity index (χ2v) is 10.8. The predicted octanol–water partition coefficient (Wildman–Crippen LogP) is 3.26. The summed E-state index contributed by atoms with van der Waals surface area (Å²) in [6, 6.07) is 17.3. The molecule has 0 aliphatic carbocycles. The van der Waals surface area contributed by atoms with Crippen LogP contribution in [0.5, 0.6) is 0 Å². The third-order valence-corrected chi connectivity index (χ3v) is 8.45. The summed E-state index contributed by atoms with van der Waals surface area (Å²) in [4.78, 5) is 26.8. The van der Waals surface area contributed by atoms with Crippen molar-refractivity contribution in [2.45, 2.75) is 37.6 Å². The lowest BCUT2D eigenvalue weighted by molar-refractivity contribution is -0.131. The van der Waals surface area contributed by atoms with Crippen molar-refractivity contribution in [3.63, 3.8) is 0 Å². The van der Waals surface area contributed by atoms with E-state index >= 15 is 0 Å². The summed E-state index contributed by atoms with van der Waals surface area (Å²) in [5, 5.41) is 4.10. The van der Waals surface area contributed by atoms with Crippen molar-refractivity contribution in [1.82, 2.24) is 9.62 Å². The molecule has 8 nitrogen and oxygen atoms in total. The highest BCUT2D eigenvalue weighted by molar-refractivity contribution is 7.89. The molecule has 9 heteroatoms. The van der Waals surface area contributed by atoms with Crippen LogP contribution in [0.3, 0.4) is 0 Å². The van der Waals surface area contributed by atoms with Crippen molar-refractivity contribution < 1.29 is 18.0 Å². The summed E-state index contributed by atoms with van der Waals surface area (Å²) in [6.45, 7) is 4.75. The van der Waals surface area contributed by atoms with Crippen molar-refractivity contribution in [2.75, 3.05) is 25.0 Å². The molecule has 0 radical (unpaired) electrons. The third kappa shape index (κ3) is 5.28. The van der Waals surface area contributed by atoms with Gasteiger partial charge in [0.05, 0.1) is 11.4 Å². The van der Waals surface area contributed by atoms with Gasteiger partial charge in [-0.3, -0.25) is 9.59 Å². The molecule has 2 amide bonds. The highest BCUT2D eigenvalue weighted by atomic mass is 32.2. The second kappa shape index (κ2) is 10.8. The van der Waals surface area contributed by atoms with Gasteiger partial charge in [0, 0.05) is 41.2 Å². The minimum Gasteiger partial charge on any atom is -0.341 e. The van der Waals surface area contributed by atoms with E-state index in [0.717, 1.165) is 12.0 Å². The molecule has 1 aliphatic rings. The molecule has 2 unspecified atom stereocenters. The molecule has 0 spiro atoms. The Morgan fingerprint density at radius 2 is 1.72 bits per heavy atom. The highest BCUT2D eigenvalue weighted by Gasteiger charge is 2.33. The van der Waals surface area contributed by atoms with E-state index in [2.05, 4.69) is 10.0 Å². The summed E-state index contributed by atoms with van der Waals surface area (Å²) in [5.41, 5.74) is 7.46. The standard InChI is InChI=1S/C27H32N4O4S/c1-3-19-17-31(26(32)16-28)15-14-23(19)30-36(34,35)25-13-12-24(21-10-6-7-11-22(21)25)29-27(33)20-9-5-4-8-18(20)2/h4-13,19,23,30H,3,14-17,28H2,1-2H3,(H,29,33). The Hall–Kier alpha value is -3.27. The summed E-state index contributed by atoms with van der Waals surface area (Å²) < 4.78 is 30.0. The molecule has 1 aliphatic heterocycles. The van der Waals surface area contributed by atoms with Crippen molar-refractivity contribution >= 4 is 38.3 Å². The van der Waals surface area contributed by atoms with E-state index in [0.29, 0.717) is 41.5 Å². The molecule has 1 heterocycles. The lowest BCUT2D eigenvalue weighted by Crippen LogP contribution is -2.53. The summed E-state index contributed by atoms with van der Waals surface area (Å²) in [6.07, 6.45) is 1.25. The zero-order chi connectivity index (χ0) is 25.9. The lowest BCUT2D eigenvalue weighted by atomic mass is 9.90. The summed E-state index contributed by atoms with van der Waals surface area (Å²) >= 11 is 0. The maximum absolute atomic E-state index is 13.5. The molecule has 1 fully saturated rings. The van der Waals surface area contributed by atoms with Gasteiger partial charge in [-0.2, -0.15) is 0 Å². The highest BCUT2D eigenvalue weighted by Crippen LogP contribution is 2.31. The molecule has 1 saturated heterocycles. The van der Waals surface area contributed by atoms with E-state index in [9.17, 15) is 18.0 Å². The number of benzene rings is 3. The Bertz CT molecular complexity index is 1390. The number of nitrogens with two attached hydrogens (primary N) is 1. The number of piperidine rings is 1. The van der Waals surface area contributed by atoms with Crippen LogP contribution in [0.1, 0.15) is 35.7 Å². The SMILES string of the molecule is CCC1CN(C(=O)CN)CCC1NS(=O)(=O)c1ccc(NC(=O)c2ccccc2C)c2ccccc12. The fourth-order valence-corrected chi connectivity index (χ4v) is 6.40. The third-order valence-electron chi connectivity index (χ3n) is 6.90. The average Bonchev–Trinajstić information content (AvgIpc) is 2.88. The summed E-state index contributed by atoms with van der Waals surface area (Å²) in [5.74, 6) is -0.386. The number of aryl methyl sites for hydroxylation is 1. The minimum absolute atomic E-state index is 0.0111. The molecule has 4 N–H and O–H groups in total. The molecule has 0 saturated carbocycles. The quantitative estimate of drug-likeness (QED) is 0.452. The number of fused-ring (bicyclic) bond motifs is 1. The molecular weight excluding hydrogens is 476 g/mol. The minimum atomic E-state index is -3.87. The van der Waals surface area contributed by atoms with Crippen LogP contribution in [0.2, 0.25) is 0 Å². The van der Waals surface area contributed by atoms with Gasteiger partial charge in [0.2, 0.25) is 15.9 Å². The normalized spacial score (nSPS) is 18.2. The molecule has 4 rings (SSSR count). The van der Waals surface area contributed by atoms with Crippen LogP contribution in [0.4, 0.5) is 5.69 Å². The maximum Gasteiger partial charge on any atom is 0.255 e. The first kappa shape index (κ1) is 25.8. The number of hydrogen-bond donors (Lipinski definition) is 3. The number of likely N-dealkylation sites (tertiary alicyclic amines) is 1. The molecule has 36 heavy (non-hydrogen) atoms. The number of amides is 2. The number of hydrogen-bond acceptors (Lipinski definition) is 5. The number of anilines is 1. The van der Waals surface area contributed by atoms with Gasteiger partial charge in [-0.15, -0.1) is 0 Å². The topological polar surface area (TPSA) is 122 Å². The first-order valence-corrected chi connectivity index (χ1v) is 13.6. The first-order valence-electron chi connectivity index (χ1n) is 12.1. The van der Waals surface area contributed by atoms with E-state index in [1.54, 1.807) is 41.3 Å². The zero-order valence-electron chi connectivity index (χ0n) is 20.5. The second-order valence-electron chi connectivity index (χ2n) is 9.15. The van der Waals surface area contributed by atoms with E-state index < -0.39 is 10.0 Å². The van der Waals surface area contributed by atoms with Gasteiger partial charge >= 0.3 is 0 Å². The Morgan fingerprint density at radius 3 is 2.42 bits per heavy atom. The molecule has 0 aromatic heterocycles. The number of nitrogens with one attached hydrogen (secondary N) is 2. The molecule has 0 bridgehead atoms. The van der Waals surface area contributed by atoms with Crippen LogP contribution in [-0.4, -0.2) is 50.8 Å². The van der Waals surface area contributed by atoms with E-state index in [1.807, 2.05) is 32.0 Å². The molecule has 190 valence electrons. The number of nitrogens with zero attached hydrogens (tertiary/aromatic N) is 1. The molecular formula is C27H32N4O4S. The largest absolute Gasteiger partial charge is 0.341 e. The smallest absolute Gasteiger partial charge is 0.255 e. The lowest BCUT2D eigenvalue weighted by Gasteiger charge is -2.38. The van der Waals surface area contributed by atoms with Crippen LogP contribution in [0.15, 0.2) is 65.6 Å². The molecule has 3 aromatic rings. The summed E-state index contributed by atoms with van der Waals surface area (Å²) in [7, 11) is -3.87. The van der Waals surface area contributed by atoms with E-state index in [1.165, 1.54) is 6.07 Å². The van der Waals surface area contributed by atoms with Gasteiger partial charge in [0.25, 0.3) is 5.91 Å². The van der Waals surface area contributed by atoms with Crippen LogP contribution in [-0.2, 0) is 14.8 Å². The van der Waals surface area contributed by atoms with Crippen molar-refractivity contribution in [1.29, 1.82) is 0 Å². The monoisotopic (exact) mass is 508 g/mol.